The van der Waals surface area contributed by atoms with Crippen molar-refractivity contribution >= 4 is 11.6 Å². The van der Waals surface area contributed by atoms with E-state index in [0.29, 0.717) is 6.07 Å². The summed E-state index contributed by atoms with van der Waals surface area (Å²) in [7, 11) is 1.29. The summed E-state index contributed by atoms with van der Waals surface area (Å²) in [5.41, 5.74) is -3.27. The summed E-state index contributed by atoms with van der Waals surface area (Å²) in [4.78, 5) is 22.2. The normalized spacial score (nSPS) is 11.9. The molecule has 0 spiro atoms. The zero-order valence-electron chi connectivity index (χ0n) is 17.9. The van der Waals surface area contributed by atoms with Crippen LogP contribution in [0.25, 0.3) is 22.9 Å². The van der Waals surface area contributed by atoms with Crippen molar-refractivity contribution in [3.8, 4) is 28.7 Å². The van der Waals surface area contributed by atoms with Crippen molar-refractivity contribution in [2.24, 2.45) is 0 Å². The zero-order chi connectivity index (χ0) is 26.1. The third-order valence-electron chi connectivity index (χ3n) is 4.50. The average molecular weight is 511 g/mol. The van der Waals surface area contributed by atoms with Crippen LogP contribution in [-0.4, -0.2) is 37.0 Å². The van der Waals surface area contributed by atoms with E-state index in [1.54, 1.807) is 0 Å². The van der Waals surface area contributed by atoms with Crippen LogP contribution in [0.1, 0.15) is 11.4 Å². The van der Waals surface area contributed by atoms with Crippen molar-refractivity contribution in [1.82, 2.24) is 29.9 Å². The van der Waals surface area contributed by atoms with Gasteiger partial charge in [-0.3, -0.25) is 4.98 Å². The molecule has 0 aromatic carbocycles. The molecule has 4 aromatic rings. The average Bonchev–Trinajstić information content (AvgIpc) is 2.83. The number of rotatable bonds is 5. The zero-order valence-corrected chi connectivity index (χ0v) is 17.9. The molecular formula is C21H12F7N7O. The molecule has 0 radical (unpaired) electrons. The van der Waals surface area contributed by atoms with E-state index < -0.39 is 47.3 Å². The number of ether oxygens (including phenoxy) is 1. The van der Waals surface area contributed by atoms with E-state index in [9.17, 15) is 30.7 Å². The maximum absolute atomic E-state index is 14.5. The van der Waals surface area contributed by atoms with Gasteiger partial charge >= 0.3 is 12.4 Å². The summed E-state index contributed by atoms with van der Waals surface area (Å²) < 4.78 is 98.1. The first-order valence-electron chi connectivity index (χ1n) is 9.75. The lowest BCUT2D eigenvalue weighted by Gasteiger charge is -2.12. The molecule has 4 rings (SSSR count). The second-order valence-electron chi connectivity index (χ2n) is 6.98. The van der Waals surface area contributed by atoms with Gasteiger partial charge in [-0.2, -0.15) is 40.7 Å². The van der Waals surface area contributed by atoms with Crippen LogP contribution in [0.3, 0.4) is 0 Å². The van der Waals surface area contributed by atoms with Gasteiger partial charge in [0.25, 0.3) is 0 Å². The molecule has 0 aliphatic heterocycles. The number of hydrogen-bond acceptors (Lipinski definition) is 8. The standard InChI is InChI=1S/C21H12F7N7O/c1-36-11-8-12(16(22)30-9-11)17-33-18(13-3-2-4-14(32-13)20(23,24)25)35-19(34-17)31-10-5-6-29-15(7-10)21(26,27)28/h2-9H,1H3,(H,29,31,33,34,35). The maximum Gasteiger partial charge on any atom is 0.433 e. The molecule has 4 heterocycles. The van der Waals surface area contributed by atoms with Crippen molar-refractivity contribution in [3.05, 3.63) is 66.1 Å². The number of anilines is 2. The first kappa shape index (κ1) is 24.7. The molecule has 1 N–H and O–H groups in total. The predicted molar refractivity (Wildman–Crippen MR) is 110 cm³/mol. The number of pyridine rings is 3. The number of alkyl halides is 6. The summed E-state index contributed by atoms with van der Waals surface area (Å²) in [6.45, 7) is 0. The molecule has 36 heavy (non-hydrogen) atoms. The number of nitrogens with one attached hydrogen (secondary N) is 1. The Bertz CT molecular complexity index is 1410. The number of halogens is 7. The van der Waals surface area contributed by atoms with Crippen molar-refractivity contribution < 1.29 is 35.5 Å². The van der Waals surface area contributed by atoms with Gasteiger partial charge in [0.1, 0.15) is 22.8 Å². The van der Waals surface area contributed by atoms with Crippen LogP contribution in [0.4, 0.5) is 42.4 Å². The van der Waals surface area contributed by atoms with Gasteiger partial charge in [0.15, 0.2) is 11.6 Å². The minimum absolute atomic E-state index is 0.115. The Hall–Kier alpha value is -4.43. The van der Waals surface area contributed by atoms with Gasteiger partial charge in [-0.05, 0) is 30.3 Å². The van der Waals surface area contributed by atoms with E-state index in [-0.39, 0.29) is 22.7 Å². The summed E-state index contributed by atoms with van der Waals surface area (Å²) in [6, 6.07) is 5.99. The molecule has 0 bridgehead atoms. The lowest BCUT2D eigenvalue weighted by molar-refractivity contribution is -0.141. The molecule has 186 valence electrons. The van der Waals surface area contributed by atoms with Crippen molar-refractivity contribution in [2.45, 2.75) is 12.4 Å². The van der Waals surface area contributed by atoms with Crippen molar-refractivity contribution in [3.63, 3.8) is 0 Å². The molecule has 15 heteroatoms. The highest BCUT2D eigenvalue weighted by molar-refractivity contribution is 5.64. The molecule has 0 unspecified atom stereocenters. The van der Waals surface area contributed by atoms with Crippen molar-refractivity contribution in [2.75, 3.05) is 12.4 Å². The monoisotopic (exact) mass is 511 g/mol. The minimum atomic E-state index is -4.78. The highest BCUT2D eigenvalue weighted by Crippen LogP contribution is 2.32. The molecule has 0 atom stereocenters. The van der Waals surface area contributed by atoms with E-state index in [1.807, 2.05) is 0 Å². The molecule has 0 aliphatic rings. The van der Waals surface area contributed by atoms with Gasteiger partial charge in [0, 0.05) is 11.9 Å². The Balaban J connectivity index is 1.86. The molecule has 0 amide bonds. The number of nitrogens with zero attached hydrogens (tertiary/aromatic N) is 6. The highest BCUT2D eigenvalue weighted by Gasteiger charge is 2.33. The summed E-state index contributed by atoms with van der Waals surface area (Å²) >= 11 is 0. The molecule has 4 aromatic heterocycles. The smallest absolute Gasteiger partial charge is 0.433 e. The van der Waals surface area contributed by atoms with Gasteiger partial charge in [0.2, 0.25) is 11.9 Å². The molecule has 0 aliphatic carbocycles. The summed E-state index contributed by atoms with van der Waals surface area (Å²) in [5.74, 6) is -2.14. The molecule has 0 fully saturated rings. The highest BCUT2D eigenvalue weighted by atomic mass is 19.4. The Kier molecular flexibility index (Phi) is 6.39. The van der Waals surface area contributed by atoms with Crippen LogP contribution in [0.5, 0.6) is 5.75 Å². The van der Waals surface area contributed by atoms with Crippen LogP contribution >= 0.6 is 0 Å². The quantitative estimate of drug-likeness (QED) is 0.284. The number of hydrogen-bond donors (Lipinski definition) is 1. The largest absolute Gasteiger partial charge is 0.495 e. The van der Waals surface area contributed by atoms with Crippen LogP contribution in [-0.2, 0) is 12.4 Å². The first-order valence-corrected chi connectivity index (χ1v) is 9.75. The van der Waals surface area contributed by atoms with Gasteiger partial charge < -0.3 is 10.1 Å². The van der Waals surface area contributed by atoms with E-state index in [1.165, 1.54) is 25.3 Å². The Morgan fingerprint density at radius 3 is 2.22 bits per heavy atom. The van der Waals surface area contributed by atoms with E-state index in [4.69, 9.17) is 4.74 Å². The predicted octanol–water partition coefficient (Wildman–Crippen LogP) is 5.32. The summed E-state index contributed by atoms with van der Waals surface area (Å²) in [6.07, 6.45) is -7.57. The fourth-order valence-electron chi connectivity index (χ4n) is 2.87. The first-order chi connectivity index (χ1) is 16.9. The molecule has 0 saturated carbocycles. The van der Waals surface area contributed by atoms with E-state index in [0.717, 1.165) is 24.5 Å². The van der Waals surface area contributed by atoms with E-state index in [2.05, 4.69) is 35.2 Å². The second kappa shape index (κ2) is 9.31. The fraction of sp³-hybridized carbons (Fsp3) is 0.143. The van der Waals surface area contributed by atoms with Gasteiger partial charge in [-0.15, -0.1) is 0 Å². The second-order valence-corrected chi connectivity index (χ2v) is 6.98. The van der Waals surface area contributed by atoms with Crippen molar-refractivity contribution in [1.29, 1.82) is 0 Å². The van der Waals surface area contributed by atoms with Gasteiger partial charge in [-0.25, -0.2) is 15.0 Å². The Labute approximate surface area is 197 Å². The lowest BCUT2D eigenvalue weighted by atomic mass is 10.2. The number of methoxy groups -OCH3 is 1. The molecular weight excluding hydrogens is 499 g/mol. The SMILES string of the molecule is COc1cnc(F)c(-c2nc(Nc3ccnc(C(F)(F)F)c3)nc(-c3cccc(C(F)(F)F)n3)n2)c1. The third kappa shape index (κ3) is 5.45. The molecule has 0 saturated heterocycles. The number of aromatic nitrogens is 6. The van der Waals surface area contributed by atoms with Crippen LogP contribution in [0, 0.1) is 5.95 Å². The third-order valence-corrected chi connectivity index (χ3v) is 4.50. The Morgan fingerprint density at radius 2 is 1.53 bits per heavy atom. The van der Waals surface area contributed by atoms with Crippen LogP contribution in [0.15, 0.2) is 48.8 Å². The lowest BCUT2D eigenvalue weighted by Crippen LogP contribution is -2.10. The topological polar surface area (TPSA) is 98.6 Å². The Morgan fingerprint density at radius 1 is 0.806 bits per heavy atom. The summed E-state index contributed by atoms with van der Waals surface area (Å²) in [5, 5.41) is 2.50. The van der Waals surface area contributed by atoms with Crippen LogP contribution in [0.2, 0.25) is 0 Å². The minimum Gasteiger partial charge on any atom is -0.495 e. The van der Waals surface area contributed by atoms with Gasteiger partial charge in [0.05, 0.1) is 18.9 Å². The molecule has 8 nitrogen and oxygen atoms in total. The fourth-order valence-corrected chi connectivity index (χ4v) is 2.87. The van der Waals surface area contributed by atoms with E-state index >= 15 is 0 Å². The maximum atomic E-state index is 14.5. The van der Waals surface area contributed by atoms with Gasteiger partial charge in [-0.1, -0.05) is 6.07 Å². The van der Waals surface area contributed by atoms with Crippen LogP contribution < -0.4 is 10.1 Å².